The molecule has 128 valence electrons. The first-order valence-electron chi connectivity index (χ1n) is 8.12. The number of rotatable bonds is 7. The van der Waals surface area contributed by atoms with Crippen LogP contribution in [0.3, 0.4) is 0 Å². The van der Waals surface area contributed by atoms with E-state index in [1.807, 2.05) is 50.2 Å². The summed E-state index contributed by atoms with van der Waals surface area (Å²) in [4.78, 5) is 11.8. The lowest BCUT2D eigenvalue weighted by molar-refractivity contribution is -0.123. The van der Waals surface area contributed by atoms with E-state index in [-0.39, 0.29) is 12.5 Å². The van der Waals surface area contributed by atoms with Crippen molar-refractivity contribution < 1.29 is 14.3 Å². The van der Waals surface area contributed by atoms with Crippen LogP contribution in [-0.2, 0) is 4.79 Å². The average molecular weight is 327 g/mol. The highest BCUT2D eigenvalue weighted by Gasteiger charge is 2.05. The Hall–Kier alpha value is -2.49. The first-order valence-corrected chi connectivity index (χ1v) is 8.12. The number of carbonyl (C=O) groups is 1. The molecule has 2 aromatic carbocycles. The van der Waals surface area contributed by atoms with E-state index in [1.165, 1.54) is 11.1 Å². The molecular formula is C20H25NO3. The van der Waals surface area contributed by atoms with Gasteiger partial charge in [0.25, 0.3) is 5.91 Å². The van der Waals surface area contributed by atoms with Crippen molar-refractivity contribution in [2.45, 2.75) is 27.7 Å². The van der Waals surface area contributed by atoms with Gasteiger partial charge in [0, 0.05) is 0 Å². The minimum Gasteiger partial charge on any atom is -0.492 e. The molecule has 0 aromatic heterocycles. The highest BCUT2D eigenvalue weighted by Crippen LogP contribution is 2.19. The number of nitrogens with one attached hydrogen (secondary N) is 1. The third-order valence-electron chi connectivity index (χ3n) is 3.87. The summed E-state index contributed by atoms with van der Waals surface area (Å²) in [5.41, 5.74) is 4.56. The van der Waals surface area contributed by atoms with Gasteiger partial charge in [-0.15, -0.1) is 0 Å². The van der Waals surface area contributed by atoms with Gasteiger partial charge in [-0.1, -0.05) is 18.2 Å². The number of amides is 1. The van der Waals surface area contributed by atoms with E-state index < -0.39 is 0 Å². The molecule has 0 saturated heterocycles. The molecule has 0 bridgehead atoms. The van der Waals surface area contributed by atoms with Crippen molar-refractivity contribution in [2.75, 3.05) is 19.8 Å². The zero-order valence-corrected chi connectivity index (χ0v) is 14.8. The minimum atomic E-state index is -0.153. The van der Waals surface area contributed by atoms with Crippen LogP contribution < -0.4 is 14.8 Å². The predicted molar refractivity (Wildman–Crippen MR) is 95.8 cm³/mol. The Labute approximate surface area is 143 Å². The van der Waals surface area contributed by atoms with E-state index in [0.29, 0.717) is 13.2 Å². The van der Waals surface area contributed by atoms with Crippen LogP contribution in [0.2, 0.25) is 0 Å². The normalized spacial score (nSPS) is 10.3. The molecule has 0 unspecified atom stereocenters. The Morgan fingerprint density at radius 2 is 1.67 bits per heavy atom. The second-order valence-electron chi connectivity index (χ2n) is 6.00. The van der Waals surface area contributed by atoms with E-state index in [1.54, 1.807) is 0 Å². The third-order valence-corrected chi connectivity index (χ3v) is 3.87. The second-order valence-corrected chi connectivity index (χ2v) is 6.00. The van der Waals surface area contributed by atoms with Crippen molar-refractivity contribution in [1.29, 1.82) is 0 Å². The quantitative estimate of drug-likeness (QED) is 0.792. The number of hydrogen-bond donors (Lipinski definition) is 1. The molecule has 1 N–H and O–H groups in total. The van der Waals surface area contributed by atoms with Crippen LogP contribution in [0.1, 0.15) is 22.3 Å². The molecule has 24 heavy (non-hydrogen) atoms. The molecule has 0 aliphatic rings. The number of aryl methyl sites for hydroxylation is 4. The fourth-order valence-corrected chi connectivity index (χ4v) is 2.22. The lowest BCUT2D eigenvalue weighted by Gasteiger charge is -2.11. The number of ether oxygens (including phenoxy) is 2. The van der Waals surface area contributed by atoms with Crippen molar-refractivity contribution >= 4 is 5.91 Å². The Morgan fingerprint density at radius 1 is 0.917 bits per heavy atom. The molecule has 0 radical (unpaired) electrons. The van der Waals surface area contributed by atoms with Gasteiger partial charge in [-0.05, 0) is 68.1 Å². The molecule has 0 fully saturated rings. The van der Waals surface area contributed by atoms with Crippen LogP contribution >= 0.6 is 0 Å². The van der Waals surface area contributed by atoms with Crippen molar-refractivity contribution in [3.8, 4) is 11.5 Å². The standard InChI is InChI=1S/C20H25NO3/c1-14-5-6-16(3)19(11-14)24-13-20(22)21-9-10-23-18-8-7-15(2)17(4)12-18/h5-8,11-12H,9-10,13H2,1-4H3,(H,21,22). The van der Waals surface area contributed by atoms with E-state index in [2.05, 4.69) is 19.2 Å². The number of carbonyl (C=O) groups excluding carboxylic acids is 1. The molecule has 0 aliphatic carbocycles. The van der Waals surface area contributed by atoms with Crippen LogP contribution in [0.4, 0.5) is 0 Å². The number of benzene rings is 2. The van der Waals surface area contributed by atoms with Gasteiger partial charge >= 0.3 is 0 Å². The maximum atomic E-state index is 11.8. The second kappa shape index (κ2) is 8.39. The highest BCUT2D eigenvalue weighted by atomic mass is 16.5. The molecule has 0 spiro atoms. The molecule has 0 atom stereocenters. The zero-order valence-electron chi connectivity index (χ0n) is 14.8. The first-order chi connectivity index (χ1) is 11.5. The lowest BCUT2D eigenvalue weighted by Crippen LogP contribution is -2.32. The van der Waals surface area contributed by atoms with E-state index in [0.717, 1.165) is 22.6 Å². The van der Waals surface area contributed by atoms with Crippen LogP contribution in [0.5, 0.6) is 11.5 Å². The maximum absolute atomic E-state index is 11.8. The minimum absolute atomic E-state index is 0.00787. The maximum Gasteiger partial charge on any atom is 0.258 e. The molecular weight excluding hydrogens is 302 g/mol. The molecule has 4 nitrogen and oxygen atoms in total. The van der Waals surface area contributed by atoms with Gasteiger partial charge in [0.05, 0.1) is 6.54 Å². The smallest absolute Gasteiger partial charge is 0.258 e. The summed E-state index contributed by atoms with van der Waals surface area (Å²) in [5, 5.41) is 2.79. The van der Waals surface area contributed by atoms with Crippen molar-refractivity contribution in [3.63, 3.8) is 0 Å². The summed E-state index contributed by atoms with van der Waals surface area (Å²) in [5.74, 6) is 1.41. The van der Waals surface area contributed by atoms with Gasteiger partial charge in [-0.25, -0.2) is 0 Å². The lowest BCUT2D eigenvalue weighted by atomic mass is 10.1. The summed E-state index contributed by atoms with van der Waals surface area (Å²) in [6.45, 7) is 8.96. The SMILES string of the molecule is Cc1ccc(C)c(OCC(=O)NCCOc2ccc(C)c(C)c2)c1. The summed E-state index contributed by atoms with van der Waals surface area (Å²) >= 11 is 0. The van der Waals surface area contributed by atoms with Crippen LogP contribution in [-0.4, -0.2) is 25.7 Å². The summed E-state index contributed by atoms with van der Waals surface area (Å²) in [6, 6.07) is 11.9. The molecule has 1 amide bonds. The monoisotopic (exact) mass is 327 g/mol. The molecule has 0 aliphatic heterocycles. The summed E-state index contributed by atoms with van der Waals surface area (Å²) in [7, 11) is 0. The van der Waals surface area contributed by atoms with Gasteiger partial charge in [-0.3, -0.25) is 4.79 Å². The van der Waals surface area contributed by atoms with Gasteiger partial charge in [0.2, 0.25) is 0 Å². The zero-order chi connectivity index (χ0) is 17.5. The predicted octanol–water partition coefficient (Wildman–Crippen LogP) is 3.49. The van der Waals surface area contributed by atoms with Crippen molar-refractivity contribution in [1.82, 2.24) is 5.32 Å². The van der Waals surface area contributed by atoms with Gasteiger partial charge < -0.3 is 14.8 Å². The molecule has 0 saturated carbocycles. The largest absolute Gasteiger partial charge is 0.492 e. The topological polar surface area (TPSA) is 47.6 Å². The fourth-order valence-electron chi connectivity index (χ4n) is 2.22. The van der Waals surface area contributed by atoms with Crippen molar-refractivity contribution in [2.24, 2.45) is 0 Å². The summed E-state index contributed by atoms with van der Waals surface area (Å²) < 4.78 is 11.2. The fraction of sp³-hybridized carbons (Fsp3) is 0.350. The number of hydrogen-bond acceptors (Lipinski definition) is 3. The Kier molecular flexibility index (Phi) is 6.24. The van der Waals surface area contributed by atoms with Gasteiger partial charge in [-0.2, -0.15) is 0 Å². The van der Waals surface area contributed by atoms with Crippen LogP contribution in [0.25, 0.3) is 0 Å². The highest BCUT2D eigenvalue weighted by molar-refractivity contribution is 5.77. The van der Waals surface area contributed by atoms with Crippen molar-refractivity contribution in [3.05, 3.63) is 58.7 Å². The van der Waals surface area contributed by atoms with E-state index >= 15 is 0 Å². The van der Waals surface area contributed by atoms with Gasteiger partial charge in [0.1, 0.15) is 18.1 Å². The third kappa shape index (κ3) is 5.30. The molecule has 2 aromatic rings. The average Bonchev–Trinajstić information content (AvgIpc) is 2.55. The van der Waals surface area contributed by atoms with Gasteiger partial charge in [0.15, 0.2) is 6.61 Å². The summed E-state index contributed by atoms with van der Waals surface area (Å²) in [6.07, 6.45) is 0. The Balaban J connectivity index is 1.69. The Morgan fingerprint density at radius 3 is 2.42 bits per heavy atom. The molecule has 0 heterocycles. The van der Waals surface area contributed by atoms with Crippen LogP contribution in [0.15, 0.2) is 36.4 Å². The first kappa shape index (κ1) is 17.9. The van der Waals surface area contributed by atoms with E-state index in [9.17, 15) is 4.79 Å². The van der Waals surface area contributed by atoms with E-state index in [4.69, 9.17) is 9.47 Å². The van der Waals surface area contributed by atoms with Crippen LogP contribution in [0, 0.1) is 27.7 Å². The Bertz CT molecular complexity index is 710. The molecule has 2 rings (SSSR count). The molecule has 4 heteroatoms.